The molecule has 0 unspecified atom stereocenters. The molecule has 1 aromatic rings. The summed E-state index contributed by atoms with van der Waals surface area (Å²) in [5.41, 5.74) is 0.227. The van der Waals surface area contributed by atoms with Crippen LogP contribution in [0.3, 0.4) is 0 Å². The van der Waals surface area contributed by atoms with Crippen molar-refractivity contribution in [2.75, 3.05) is 0 Å². The molecule has 2 atom stereocenters. The lowest BCUT2D eigenvalue weighted by molar-refractivity contribution is -0.385. The van der Waals surface area contributed by atoms with Gasteiger partial charge in [-0.3, -0.25) is 15.1 Å². The van der Waals surface area contributed by atoms with Crippen molar-refractivity contribution >= 4 is 11.9 Å². The molecule has 2 rings (SSSR count). The zero-order chi connectivity index (χ0) is 13.8. The van der Waals surface area contributed by atoms with Crippen molar-refractivity contribution in [2.45, 2.75) is 38.6 Å². The van der Waals surface area contributed by atoms with Gasteiger partial charge in [-0.05, 0) is 24.3 Å². The quantitative estimate of drug-likeness (QED) is 0.476. The van der Waals surface area contributed by atoms with E-state index in [1.807, 2.05) is 0 Å². The topological polar surface area (TPSA) is 78.6 Å². The van der Waals surface area contributed by atoms with Crippen LogP contribution < -0.4 is 5.11 Å². The van der Waals surface area contributed by atoms with E-state index in [1.54, 1.807) is 0 Å². The molecule has 1 aromatic carbocycles. The van der Waals surface area contributed by atoms with E-state index in [2.05, 4.69) is 11.9 Å². The average molecular weight is 261 g/mol. The highest BCUT2D eigenvalue weighted by Gasteiger charge is 2.19. The molecule has 1 aliphatic carbocycles. The van der Waals surface area contributed by atoms with E-state index in [-0.39, 0.29) is 17.5 Å². The monoisotopic (exact) mass is 261 g/mol. The molecule has 5 nitrogen and oxygen atoms in total. The van der Waals surface area contributed by atoms with Gasteiger partial charge in [0.2, 0.25) is 0 Å². The summed E-state index contributed by atoms with van der Waals surface area (Å²) < 4.78 is 0. The number of nitro groups is 1. The Labute approximate surface area is 112 Å². The van der Waals surface area contributed by atoms with Crippen LogP contribution in [0.15, 0.2) is 23.2 Å². The second kappa shape index (κ2) is 5.82. The molecule has 1 saturated carbocycles. The summed E-state index contributed by atoms with van der Waals surface area (Å²) >= 11 is 0. The second-order valence-electron chi connectivity index (χ2n) is 5.09. The Morgan fingerprint density at radius 1 is 1.37 bits per heavy atom. The standard InChI is InChI=1S/C14H18N2O3/c1-10-4-2-3-5-13(10)15-9-11-8-12(16(18)19)6-7-14(11)17/h6-10,13,17H,2-5H2,1H3/p-1/t10-,13-/m0/s1. The van der Waals surface area contributed by atoms with Gasteiger partial charge < -0.3 is 5.11 Å². The Morgan fingerprint density at radius 2 is 2.11 bits per heavy atom. The third kappa shape index (κ3) is 3.30. The van der Waals surface area contributed by atoms with Crippen molar-refractivity contribution in [1.29, 1.82) is 0 Å². The zero-order valence-corrected chi connectivity index (χ0v) is 10.9. The molecule has 1 aliphatic rings. The van der Waals surface area contributed by atoms with Gasteiger partial charge in [0.25, 0.3) is 5.69 Å². The molecule has 0 amide bonds. The predicted octanol–water partition coefficient (Wildman–Crippen LogP) is 2.67. The van der Waals surface area contributed by atoms with E-state index in [0.29, 0.717) is 11.5 Å². The predicted molar refractivity (Wildman–Crippen MR) is 71.6 cm³/mol. The van der Waals surface area contributed by atoms with Crippen molar-refractivity contribution in [3.8, 4) is 5.75 Å². The summed E-state index contributed by atoms with van der Waals surface area (Å²) in [5.74, 6) is 0.289. The highest BCUT2D eigenvalue weighted by atomic mass is 16.6. The minimum absolute atomic E-state index is 0.0715. The van der Waals surface area contributed by atoms with Crippen LogP contribution in [0.2, 0.25) is 0 Å². The molecule has 0 radical (unpaired) electrons. The van der Waals surface area contributed by atoms with Crippen LogP contribution >= 0.6 is 0 Å². The van der Waals surface area contributed by atoms with Crippen LogP contribution in [-0.2, 0) is 0 Å². The first-order valence-corrected chi connectivity index (χ1v) is 6.56. The molecule has 0 aliphatic heterocycles. The van der Waals surface area contributed by atoms with Gasteiger partial charge in [-0.1, -0.05) is 31.6 Å². The summed E-state index contributed by atoms with van der Waals surface area (Å²) in [4.78, 5) is 14.6. The van der Waals surface area contributed by atoms with E-state index in [1.165, 1.54) is 30.8 Å². The van der Waals surface area contributed by atoms with Crippen molar-refractivity contribution in [2.24, 2.45) is 10.9 Å². The summed E-state index contributed by atoms with van der Waals surface area (Å²) in [5, 5.41) is 22.3. The highest BCUT2D eigenvalue weighted by molar-refractivity contribution is 5.84. The van der Waals surface area contributed by atoms with Crippen LogP contribution in [-0.4, -0.2) is 17.2 Å². The molecular formula is C14H17N2O3-. The summed E-state index contributed by atoms with van der Waals surface area (Å²) in [7, 11) is 0. The fourth-order valence-corrected chi connectivity index (χ4v) is 2.44. The SMILES string of the molecule is C[C@H]1CCCC[C@@H]1N=Cc1cc([N+](=O)[O-])ccc1[O-]. The van der Waals surface area contributed by atoms with Crippen LogP contribution in [0.1, 0.15) is 38.2 Å². The first-order valence-electron chi connectivity index (χ1n) is 6.56. The van der Waals surface area contributed by atoms with Crippen LogP contribution in [0, 0.1) is 16.0 Å². The number of non-ortho nitro benzene ring substituents is 1. The fraction of sp³-hybridized carbons (Fsp3) is 0.500. The van der Waals surface area contributed by atoms with Gasteiger partial charge in [0.15, 0.2) is 0 Å². The first-order chi connectivity index (χ1) is 9.08. The second-order valence-corrected chi connectivity index (χ2v) is 5.09. The number of aliphatic imine (C=N–C) groups is 1. The minimum atomic E-state index is -0.500. The maximum Gasteiger partial charge on any atom is 0.270 e. The smallest absolute Gasteiger partial charge is 0.270 e. The van der Waals surface area contributed by atoms with Crippen LogP contribution in [0.5, 0.6) is 5.75 Å². The first kappa shape index (κ1) is 13.5. The molecular weight excluding hydrogens is 244 g/mol. The van der Waals surface area contributed by atoms with Gasteiger partial charge in [0, 0.05) is 18.3 Å². The van der Waals surface area contributed by atoms with Crippen molar-refractivity contribution in [3.63, 3.8) is 0 Å². The Morgan fingerprint density at radius 3 is 2.79 bits per heavy atom. The maximum atomic E-state index is 11.6. The van der Waals surface area contributed by atoms with E-state index >= 15 is 0 Å². The molecule has 19 heavy (non-hydrogen) atoms. The molecule has 5 heteroatoms. The molecule has 102 valence electrons. The van der Waals surface area contributed by atoms with Gasteiger partial charge in [0.1, 0.15) is 0 Å². The molecule has 0 heterocycles. The normalized spacial score (nSPS) is 23.6. The summed E-state index contributed by atoms with van der Waals surface area (Å²) in [6.45, 7) is 2.16. The molecule has 0 bridgehead atoms. The van der Waals surface area contributed by atoms with Crippen molar-refractivity contribution in [1.82, 2.24) is 0 Å². The third-order valence-electron chi connectivity index (χ3n) is 3.68. The largest absolute Gasteiger partial charge is 0.872 e. The molecule has 0 spiro atoms. The van der Waals surface area contributed by atoms with Crippen LogP contribution in [0.25, 0.3) is 0 Å². The Balaban J connectivity index is 2.17. The lowest BCUT2D eigenvalue weighted by Gasteiger charge is -2.25. The maximum absolute atomic E-state index is 11.6. The lowest BCUT2D eigenvalue weighted by Crippen LogP contribution is -2.20. The minimum Gasteiger partial charge on any atom is -0.872 e. The Hall–Kier alpha value is -1.91. The van der Waals surface area contributed by atoms with E-state index in [4.69, 9.17) is 0 Å². The Bertz CT molecular complexity index is 499. The van der Waals surface area contributed by atoms with Gasteiger partial charge in [-0.25, -0.2) is 0 Å². The van der Waals surface area contributed by atoms with Gasteiger partial charge in [0.05, 0.1) is 11.0 Å². The van der Waals surface area contributed by atoms with Crippen LogP contribution in [0.4, 0.5) is 5.69 Å². The number of hydrogen-bond donors (Lipinski definition) is 0. The molecule has 0 saturated heterocycles. The highest BCUT2D eigenvalue weighted by Crippen LogP contribution is 2.27. The number of hydrogen-bond acceptors (Lipinski definition) is 4. The van der Waals surface area contributed by atoms with Gasteiger partial charge >= 0.3 is 0 Å². The van der Waals surface area contributed by atoms with E-state index in [0.717, 1.165) is 19.3 Å². The van der Waals surface area contributed by atoms with E-state index < -0.39 is 4.92 Å². The van der Waals surface area contributed by atoms with Crippen molar-refractivity contribution < 1.29 is 10.0 Å². The number of nitrogens with zero attached hydrogens (tertiary/aromatic N) is 2. The molecule has 1 fully saturated rings. The van der Waals surface area contributed by atoms with Crippen molar-refractivity contribution in [3.05, 3.63) is 33.9 Å². The van der Waals surface area contributed by atoms with E-state index in [9.17, 15) is 15.2 Å². The third-order valence-corrected chi connectivity index (χ3v) is 3.68. The number of rotatable bonds is 3. The summed E-state index contributed by atoms with van der Waals surface area (Å²) in [6.07, 6.45) is 6.08. The Kier molecular flexibility index (Phi) is 4.14. The van der Waals surface area contributed by atoms with Gasteiger partial charge in [-0.15, -0.1) is 0 Å². The van der Waals surface area contributed by atoms with Gasteiger partial charge in [-0.2, -0.15) is 0 Å². The zero-order valence-electron chi connectivity index (χ0n) is 10.9. The summed E-state index contributed by atoms with van der Waals surface area (Å²) in [6, 6.07) is 3.97. The number of nitro benzene ring substituents is 1. The molecule has 0 N–H and O–H groups in total. The number of benzene rings is 1. The fourth-order valence-electron chi connectivity index (χ4n) is 2.44. The lowest BCUT2D eigenvalue weighted by atomic mass is 9.86. The molecule has 0 aromatic heterocycles. The average Bonchev–Trinajstić information content (AvgIpc) is 2.39.